The number of nitrogens with zero attached hydrogens (tertiary/aromatic N) is 1. The van der Waals surface area contributed by atoms with E-state index in [0.29, 0.717) is 12.1 Å². The maximum absolute atomic E-state index is 12.9. The zero-order chi connectivity index (χ0) is 21.9. The maximum Gasteiger partial charge on any atom is 0.387 e. The highest BCUT2D eigenvalue weighted by Crippen LogP contribution is 2.30. The third kappa shape index (κ3) is 4.79. The van der Waals surface area contributed by atoms with Crippen LogP contribution in [0.3, 0.4) is 0 Å². The van der Waals surface area contributed by atoms with E-state index in [9.17, 15) is 22.0 Å². The third-order valence-corrected chi connectivity index (χ3v) is 7.18. The average Bonchev–Trinajstić information content (AvgIpc) is 2.70. The van der Waals surface area contributed by atoms with Crippen molar-refractivity contribution in [2.24, 2.45) is 0 Å². The number of hydrogen-bond donors (Lipinski definition) is 1. The first-order valence-electron chi connectivity index (χ1n) is 9.68. The van der Waals surface area contributed by atoms with Gasteiger partial charge in [0.25, 0.3) is 5.91 Å². The van der Waals surface area contributed by atoms with Crippen molar-refractivity contribution in [1.82, 2.24) is 4.31 Å². The summed E-state index contributed by atoms with van der Waals surface area (Å²) in [5, 5.41) is 2.57. The molecule has 0 radical (unpaired) electrons. The van der Waals surface area contributed by atoms with Crippen LogP contribution in [-0.2, 0) is 10.0 Å². The van der Waals surface area contributed by atoms with Crippen LogP contribution in [-0.4, -0.2) is 37.8 Å². The number of halogens is 2. The van der Waals surface area contributed by atoms with Crippen LogP contribution in [0.25, 0.3) is 0 Å². The second-order valence-electron chi connectivity index (χ2n) is 7.27. The van der Waals surface area contributed by atoms with Gasteiger partial charge in [-0.05, 0) is 62.6 Å². The van der Waals surface area contributed by atoms with Crippen molar-refractivity contribution in [3.63, 3.8) is 0 Å². The lowest BCUT2D eigenvalue weighted by Gasteiger charge is -2.32. The van der Waals surface area contributed by atoms with E-state index >= 15 is 0 Å². The lowest BCUT2D eigenvalue weighted by molar-refractivity contribution is -0.0494. The van der Waals surface area contributed by atoms with Crippen molar-refractivity contribution >= 4 is 21.6 Å². The number of rotatable bonds is 6. The summed E-state index contributed by atoms with van der Waals surface area (Å²) in [7, 11) is -3.64. The fourth-order valence-electron chi connectivity index (χ4n) is 3.52. The Kier molecular flexibility index (Phi) is 6.72. The molecule has 6 nitrogen and oxygen atoms in total. The van der Waals surface area contributed by atoms with E-state index in [4.69, 9.17) is 0 Å². The van der Waals surface area contributed by atoms with Crippen LogP contribution in [0.15, 0.2) is 47.4 Å². The molecule has 1 aliphatic heterocycles. The van der Waals surface area contributed by atoms with Crippen LogP contribution in [0.2, 0.25) is 0 Å². The topological polar surface area (TPSA) is 75.7 Å². The van der Waals surface area contributed by atoms with Gasteiger partial charge in [0, 0.05) is 18.2 Å². The maximum atomic E-state index is 12.9. The highest BCUT2D eigenvalue weighted by atomic mass is 32.2. The van der Waals surface area contributed by atoms with Crippen molar-refractivity contribution in [3.8, 4) is 5.75 Å². The zero-order valence-corrected chi connectivity index (χ0v) is 17.6. The highest BCUT2D eigenvalue weighted by molar-refractivity contribution is 7.89. The number of carbonyl (C=O) groups is 1. The molecule has 1 atom stereocenters. The number of carbonyl (C=O) groups excluding carboxylic acids is 1. The molecule has 3 rings (SSSR count). The number of anilines is 1. The van der Waals surface area contributed by atoms with Crippen molar-refractivity contribution in [3.05, 3.63) is 53.6 Å². The first-order valence-corrected chi connectivity index (χ1v) is 11.1. The Morgan fingerprint density at radius 3 is 2.50 bits per heavy atom. The van der Waals surface area contributed by atoms with Crippen LogP contribution in [0.1, 0.15) is 42.1 Å². The number of sulfonamides is 1. The molecule has 1 fully saturated rings. The lowest BCUT2D eigenvalue weighted by Crippen LogP contribution is -2.41. The minimum atomic E-state index is -3.64. The molecule has 1 N–H and O–H groups in total. The van der Waals surface area contributed by atoms with Gasteiger partial charge >= 0.3 is 6.61 Å². The van der Waals surface area contributed by atoms with Gasteiger partial charge in [-0.15, -0.1) is 0 Å². The number of amides is 1. The molecule has 0 spiro atoms. The van der Waals surface area contributed by atoms with Gasteiger partial charge in [0.1, 0.15) is 5.75 Å². The molecule has 9 heteroatoms. The van der Waals surface area contributed by atoms with E-state index in [1.54, 1.807) is 19.1 Å². The summed E-state index contributed by atoms with van der Waals surface area (Å²) in [5.74, 6) is -0.699. The SMILES string of the molecule is Cc1cccc(OC(F)F)c1NC(=O)c1ccc(S(=O)(=O)N2CCCC[C@H]2C)cc1. The Labute approximate surface area is 174 Å². The molecule has 30 heavy (non-hydrogen) atoms. The van der Waals surface area contributed by atoms with Crippen LogP contribution in [0.5, 0.6) is 5.75 Å². The van der Waals surface area contributed by atoms with Gasteiger partial charge in [-0.25, -0.2) is 8.42 Å². The van der Waals surface area contributed by atoms with Gasteiger partial charge in [0.15, 0.2) is 0 Å². The molecular formula is C21H24F2N2O4S. The van der Waals surface area contributed by atoms with E-state index in [1.165, 1.54) is 34.6 Å². The van der Waals surface area contributed by atoms with Gasteiger partial charge in [-0.2, -0.15) is 13.1 Å². The Bertz CT molecular complexity index is 1010. The van der Waals surface area contributed by atoms with Gasteiger partial charge in [-0.1, -0.05) is 18.6 Å². The van der Waals surface area contributed by atoms with Crippen LogP contribution in [0.4, 0.5) is 14.5 Å². The number of ether oxygens (including phenoxy) is 1. The second-order valence-corrected chi connectivity index (χ2v) is 9.16. The van der Waals surface area contributed by atoms with Crippen molar-refractivity contribution < 1.29 is 26.7 Å². The van der Waals surface area contributed by atoms with E-state index in [1.807, 2.05) is 6.92 Å². The molecule has 1 saturated heterocycles. The molecule has 1 aliphatic rings. The molecule has 2 aromatic rings. The summed E-state index contributed by atoms with van der Waals surface area (Å²) in [6.45, 7) is 0.999. The zero-order valence-electron chi connectivity index (χ0n) is 16.8. The number of piperidine rings is 1. The Morgan fingerprint density at radius 2 is 1.87 bits per heavy atom. The fourth-order valence-corrected chi connectivity index (χ4v) is 5.22. The molecule has 0 bridgehead atoms. The van der Waals surface area contributed by atoms with Crippen LogP contribution < -0.4 is 10.1 Å². The molecule has 0 aromatic heterocycles. The summed E-state index contributed by atoms with van der Waals surface area (Å²) in [5.41, 5.74) is 0.897. The number of alkyl halides is 2. The monoisotopic (exact) mass is 438 g/mol. The van der Waals surface area contributed by atoms with Gasteiger partial charge in [-0.3, -0.25) is 4.79 Å². The molecule has 2 aromatic carbocycles. The predicted molar refractivity (Wildman–Crippen MR) is 109 cm³/mol. The third-order valence-electron chi connectivity index (χ3n) is 5.15. The fraction of sp³-hybridized carbons (Fsp3) is 0.381. The van der Waals surface area contributed by atoms with Crippen molar-refractivity contribution in [2.45, 2.75) is 50.7 Å². The molecule has 1 heterocycles. The van der Waals surface area contributed by atoms with E-state index < -0.39 is 22.5 Å². The average molecular weight is 438 g/mol. The normalized spacial score (nSPS) is 17.7. The number of para-hydroxylation sites is 1. The molecule has 0 saturated carbocycles. The summed E-state index contributed by atoms with van der Waals surface area (Å²) in [4.78, 5) is 12.7. The standard InChI is InChI=1S/C21H24F2N2O4S/c1-14-6-5-8-18(29-21(22)23)19(14)24-20(26)16-9-11-17(12-10-16)30(27,28)25-13-4-3-7-15(25)2/h5-6,8-12,15,21H,3-4,7,13H2,1-2H3,(H,24,26)/t15-/m1/s1. The van der Waals surface area contributed by atoms with Crippen molar-refractivity contribution in [1.29, 1.82) is 0 Å². The highest BCUT2D eigenvalue weighted by Gasteiger charge is 2.31. The smallest absolute Gasteiger partial charge is 0.387 e. The molecule has 1 amide bonds. The first-order chi connectivity index (χ1) is 14.2. The largest absolute Gasteiger partial charge is 0.433 e. The van der Waals surface area contributed by atoms with Gasteiger partial charge in [0.2, 0.25) is 10.0 Å². The summed E-state index contributed by atoms with van der Waals surface area (Å²) >= 11 is 0. The Hall–Kier alpha value is -2.52. The summed E-state index contributed by atoms with van der Waals surface area (Å²) < 4.78 is 57.0. The second kappa shape index (κ2) is 9.09. The van der Waals surface area contributed by atoms with Crippen LogP contribution in [0, 0.1) is 6.92 Å². The van der Waals surface area contributed by atoms with E-state index in [0.717, 1.165) is 19.3 Å². The summed E-state index contributed by atoms with van der Waals surface area (Å²) in [6.07, 6.45) is 2.64. The Balaban J connectivity index is 1.80. The number of hydrogen-bond acceptors (Lipinski definition) is 4. The minimum Gasteiger partial charge on any atom is -0.433 e. The predicted octanol–water partition coefficient (Wildman–Crippen LogP) is 4.41. The van der Waals surface area contributed by atoms with Gasteiger partial charge in [0.05, 0.1) is 10.6 Å². The van der Waals surface area contributed by atoms with Crippen molar-refractivity contribution in [2.75, 3.05) is 11.9 Å². The summed E-state index contributed by atoms with van der Waals surface area (Å²) in [6, 6.07) is 10.1. The molecular weight excluding hydrogens is 414 g/mol. The first kappa shape index (κ1) is 22.2. The van der Waals surface area contributed by atoms with Gasteiger partial charge < -0.3 is 10.1 Å². The number of nitrogens with one attached hydrogen (secondary N) is 1. The van der Waals surface area contributed by atoms with E-state index in [2.05, 4.69) is 10.1 Å². The molecule has 0 unspecified atom stereocenters. The minimum absolute atomic E-state index is 0.0685. The van der Waals surface area contributed by atoms with E-state index in [-0.39, 0.29) is 27.9 Å². The molecule has 162 valence electrons. The Morgan fingerprint density at radius 1 is 1.17 bits per heavy atom. The quantitative estimate of drug-likeness (QED) is 0.725. The lowest BCUT2D eigenvalue weighted by atomic mass is 10.1. The number of aryl methyl sites for hydroxylation is 1. The van der Waals surface area contributed by atoms with Crippen LogP contribution >= 0.6 is 0 Å². The number of benzene rings is 2. The molecule has 0 aliphatic carbocycles.